The van der Waals surface area contributed by atoms with Gasteiger partial charge in [-0.2, -0.15) is 0 Å². The molecule has 1 saturated heterocycles. The molecule has 1 aliphatic rings. The van der Waals surface area contributed by atoms with Gasteiger partial charge in [-0.1, -0.05) is 60.7 Å². The zero-order chi connectivity index (χ0) is 25.5. The zero-order valence-corrected chi connectivity index (χ0v) is 28.2. The first-order valence-electron chi connectivity index (χ1n) is 11.8. The van der Waals surface area contributed by atoms with E-state index in [1.54, 1.807) is 0 Å². The maximum absolute atomic E-state index is 7.21. The highest BCUT2D eigenvalue weighted by molar-refractivity contribution is 7.03. The van der Waals surface area contributed by atoms with Crippen LogP contribution in [0, 0.1) is 0 Å². The van der Waals surface area contributed by atoms with Gasteiger partial charge >= 0.3 is 51.4 Å². The van der Waals surface area contributed by atoms with Gasteiger partial charge in [-0.05, 0) is 75.8 Å². The van der Waals surface area contributed by atoms with Crippen LogP contribution in [0.4, 0.5) is 0 Å². The van der Waals surface area contributed by atoms with Gasteiger partial charge in [-0.25, -0.2) is 0 Å². The van der Waals surface area contributed by atoms with Crippen LogP contribution in [0.2, 0.25) is 65.5 Å². The van der Waals surface area contributed by atoms with Gasteiger partial charge in [-0.15, -0.1) is 0 Å². The lowest BCUT2D eigenvalue weighted by atomic mass is 10.4. The Morgan fingerprint density at radius 3 is 0.853 bits per heavy atom. The molecule has 2 aromatic rings. The van der Waals surface area contributed by atoms with Crippen molar-refractivity contribution in [2.75, 3.05) is 0 Å². The van der Waals surface area contributed by atoms with E-state index < -0.39 is 51.4 Å². The first-order chi connectivity index (χ1) is 15.5. The third-order valence-electron chi connectivity index (χ3n) is 5.05. The lowest BCUT2D eigenvalue weighted by Crippen LogP contribution is -2.73. The first kappa shape index (κ1) is 28.1. The fraction of sp³-hybridized carbons (Fsp3) is 0.455. The molecule has 1 aliphatic heterocycles. The van der Waals surface area contributed by atoms with Crippen LogP contribution in [-0.2, 0) is 24.7 Å². The third kappa shape index (κ3) is 7.27. The second-order valence-corrected chi connectivity index (χ2v) is 32.2. The van der Waals surface area contributed by atoms with E-state index in [1.807, 2.05) is 36.4 Å². The summed E-state index contributed by atoms with van der Waals surface area (Å²) in [5, 5.41) is 2.09. The molecule has 2 aromatic carbocycles. The molecule has 3 rings (SSSR count). The molecule has 0 radical (unpaired) electrons. The molecule has 0 aromatic heterocycles. The zero-order valence-electron chi connectivity index (χ0n) is 22.2. The van der Waals surface area contributed by atoms with Crippen LogP contribution < -0.4 is 10.4 Å². The Bertz CT molecular complexity index is 891. The van der Waals surface area contributed by atoms with Crippen LogP contribution in [0.3, 0.4) is 0 Å². The van der Waals surface area contributed by atoms with Crippen molar-refractivity contribution in [3.8, 4) is 0 Å². The molecule has 0 aliphatic carbocycles. The van der Waals surface area contributed by atoms with Gasteiger partial charge in [0.05, 0.1) is 0 Å². The molecule has 1 fully saturated rings. The van der Waals surface area contributed by atoms with Crippen LogP contribution >= 0.6 is 0 Å². The van der Waals surface area contributed by atoms with E-state index in [0.717, 1.165) is 10.4 Å². The van der Waals surface area contributed by atoms with Crippen LogP contribution in [0.25, 0.3) is 0 Å². The van der Waals surface area contributed by atoms with E-state index in [-0.39, 0.29) is 0 Å². The van der Waals surface area contributed by atoms with E-state index in [4.69, 9.17) is 24.7 Å². The van der Waals surface area contributed by atoms with Crippen molar-refractivity contribution in [3.05, 3.63) is 60.7 Å². The number of rotatable bonds is 2. The lowest BCUT2D eigenvalue weighted by Gasteiger charge is -2.48. The van der Waals surface area contributed by atoms with Crippen molar-refractivity contribution in [2.24, 2.45) is 0 Å². The molecule has 0 saturated carbocycles. The molecule has 0 bridgehead atoms. The summed E-state index contributed by atoms with van der Waals surface area (Å²) in [6.07, 6.45) is 0. The summed E-state index contributed by atoms with van der Waals surface area (Å²) in [7, 11) is -16.4. The summed E-state index contributed by atoms with van der Waals surface area (Å²) < 4.78 is 41.3. The van der Waals surface area contributed by atoms with Gasteiger partial charge in [0, 0.05) is 0 Å². The fourth-order valence-electron chi connectivity index (χ4n) is 4.90. The summed E-state index contributed by atoms with van der Waals surface area (Å²) >= 11 is 0. The van der Waals surface area contributed by atoms with Crippen molar-refractivity contribution in [1.29, 1.82) is 0 Å². The highest BCUT2D eigenvalue weighted by atomic mass is 28.5. The minimum Gasteiger partial charge on any atom is -0.416 e. The molecule has 0 atom stereocenters. The summed E-state index contributed by atoms with van der Waals surface area (Å²) in [6, 6.07) is 20.6. The number of hydrogen-bond acceptors (Lipinski definition) is 6. The maximum Gasteiger partial charge on any atom is 0.389 e. The molecule has 1 heterocycles. The normalized spacial score (nSPS) is 25.5. The van der Waals surface area contributed by atoms with Gasteiger partial charge in [0.2, 0.25) is 0 Å². The van der Waals surface area contributed by atoms with Crippen molar-refractivity contribution < 1.29 is 24.7 Å². The van der Waals surface area contributed by atoms with E-state index in [1.165, 1.54) is 0 Å². The quantitative estimate of drug-likeness (QED) is 0.482. The average molecular weight is 569 g/mol. The molecule has 188 valence electrons. The summed E-state index contributed by atoms with van der Waals surface area (Å²) in [4.78, 5) is 0. The van der Waals surface area contributed by atoms with Gasteiger partial charge in [0.25, 0.3) is 0 Å². The Morgan fingerprint density at radius 1 is 0.353 bits per heavy atom. The highest BCUT2D eigenvalue weighted by Gasteiger charge is 2.56. The molecular weight excluding hydrogens is 529 g/mol. The average Bonchev–Trinajstić information content (AvgIpc) is 2.63. The third-order valence-corrected chi connectivity index (χ3v) is 29.2. The molecule has 12 heteroatoms. The Balaban J connectivity index is 2.24. The van der Waals surface area contributed by atoms with Gasteiger partial charge in [-0.3, -0.25) is 0 Å². The SMILES string of the molecule is C[Si]1(C)O[Si](C)(C)O[Si](C)(C)O[Si](c2ccccc2)(c2ccccc2)O[Si](C)(C)O[Si](C)(C)O1. The molecule has 6 nitrogen and oxygen atoms in total. The number of benzene rings is 2. The predicted octanol–water partition coefficient (Wildman–Crippen LogP) is 4.87. The molecular formula is C22H40O6Si6. The monoisotopic (exact) mass is 568 g/mol. The topological polar surface area (TPSA) is 55.4 Å². The second kappa shape index (κ2) is 9.75. The van der Waals surface area contributed by atoms with E-state index in [2.05, 4.69) is 89.7 Å². The minimum atomic E-state index is -3.22. The number of hydrogen-bond donors (Lipinski definition) is 0. The first-order valence-corrected chi connectivity index (χ1v) is 27.7. The van der Waals surface area contributed by atoms with E-state index in [0.29, 0.717) is 0 Å². The standard InChI is InChI=1S/C22H40O6Si6/c1-29(2)23-30(3,4)25-32(7,8)27-34(21-17-13-11-14-18-21,22-19-15-12-16-20-22)28-33(9,10)26-31(5,6)24-29/h11-20H,1-10H3. The second-order valence-electron chi connectivity index (χ2n) is 11.0. The van der Waals surface area contributed by atoms with Gasteiger partial charge < -0.3 is 24.7 Å². The molecule has 0 spiro atoms. The van der Waals surface area contributed by atoms with Crippen LogP contribution in [0.5, 0.6) is 0 Å². The Labute approximate surface area is 212 Å². The summed E-state index contributed by atoms with van der Waals surface area (Å²) in [5.41, 5.74) is 0. The molecule has 0 N–H and O–H groups in total. The van der Waals surface area contributed by atoms with Crippen LogP contribution in [0.1, 0.15) is 0 Å². The highest BCUT2D eigenvalue weighted by Crippen LogP contribution is 2.31. The predicted molar refractivity (Wildman–Crippen MR) is 152 cm³/mol. The lowest BCUT2D eigenvalue weighted by molar-refractivity contribution is 0.244. The van der Waals surface area contributed by atoms with Crippen molar-refractivity contribution in [1.82, 2.24) is 0 Å². The van der Waals surface area contributed by atoms with Crippen LogP contribution in [-0.4, -0.2) is 51.4 Å². The molecule has 0 unspecified atom stereocenters. The summed E-state index contributed by atoms with van der Waals surface area (Å²) in [6.45, 7) is 20.9. The van der Waals surface area contributed by atoms with Gasteiger partial charge in [0.1, 0.15) is 0 Å². The van der Waals surface area contributed by atoms with Crippen molar-refractivity contribution in [2.45, 2.75) is 65.5 Å². The molecule has 34 heavy (non-hydrogen) atoms. The van der Waals surface area contributed by atoms with E-state index >= 15 is 0 Å². The fourth-order valence-corrected chi connectivity index (χ4v) is 36.1. The Hall–Kier alpha value is -0.499. The largest absolute Gasteiger partial charge is 0.416 e. The smallest absolute Gasteiger partial charge is 0.389 e. The van der Waals surface area contributed by atoms with Gasteiger partial charge in [0.15, 0.2) is 0 Å². The minimum absolute atomic E-state index is 1.04. The van der Waals surface area contributed by atoms with Crippen molar-refractivity contribution >= 4 is 61.7 Å². The van der Waals surface area contributed by atoms with E-state index in [9.17, 15) is 0 Å². The molecule has 0 amide bonds. The Morgan fingerprint density at radius 2 is 0.588 bits per heavy atom. The summed E-state index contributed by atoms with van der Waals surface area (Å²) in [5.74, 6) is 0. The Kier molecular flexibility index (Phi) is 8.06. The maximum atomic E-state index is 7.21. The van der Waals surface area contributed by atoms with Crippen molar-refractivity contribution in [3.63, 3.8) is 0 Å². The van der Waals surface area contributed by atoms with Crippen LogP contribution in [0.15, 0.2) is 60.7 Å².